The van der Waals surface area contributed by atoms with Crippen molar-refractivity contribution in [1.82, 2.24) is 19.9 Å². The molecule has 6 heteroatoms. The molecule has 1 amide bonds. The second-order valence-electron chi connectivity index (χ2n) is 5.11. The predicted molar refractivity (Wildman–Crippen MR) is 87.2 cm³/mol. The molecule has 23 heavy (non-hydrogen) atoms. The number of hydrogen-bond donors (Lipinski definition) is 1. The van der Waals surface area contributed by atoms with Gasteiger partial charge in [0.2, 0.25) is 0 Å². The van der Waals surface area contributed by atoms with Crippen LogP contribution in [0.4, 0.5) is 0 Å². The zero-order chi connectivity index (χ0) is 16.1. The number of pyridine rings is 1. The Morgan fingerprint density at radius 2 is 1.91 bits per heavy atom. The first kappa shape index (κ1) is 14.9. The van der Waals surface area contributed by atoms with E-state index in [-0.39, 0.29) is 11.5 Å². The molecule has 0 spiro atoms. The molecule has 116 valence electrons. The van der Waals surface area contributed by atoms with Crippen LogP contribution in [0.2, 0.25) is 0 Å². The van der Waals surface area contributed by atoms with Crippen LogP contribution >= 0.6 is 0 Å². The van der Waals surface area contributed by atoms with Crippen molar-refractivity contribution in [2.24, 2.45) is 0 Å². The van der Waals surface area contributed by atoms with Gasteiger partial charge in [-0.3, -0.25) is 19.1 Å². The highest BCUT2D eigenvalue weighted by Gasteiger charge is 2.05. The first-order valence-electron chi connectivity index (χ1n) is 7.38. The molecule has 1 N–H and O–H groups in total. The molecular formula is C17H16N4O2. The van der Waals surface area contributed by atoms with Gasteiger partial charge in [0.05, 0.1) is 17.2 Å². The molecule has 0 aliphatic carbocycles. The van der Waals surface area contributed by atoms with Gasteiger partial charge in [0.25, 0.3) is 11.5 Å². The second-order valence-corrected chi connectivity index (χ2v) is 5.11. The fraction of sp³-hybridized carbons (Fsp3) is 0.176. The first-order valence-corrected chi connectivity index (χ1v) is 7.38. The van der Waals surface area contributed by atoms with E-state index in [2.05, 4.69) is 15.3 Å². The highest BCUT2D eigenvalue weighted by Crippen LogP contribution is 2.04. The van der Waals surface area contributed by atoms with Gasteiger partial charge in [-0.15, -0.1) is 0 Å². The summed E-state index contributed by atoms with van der Waals surface area (Å²) >= 11 is 0. The van der Waals surface area contributed by atoms with Crippen molar-refractivity contribution in [3.63, 3.8) is 0 Å². The normalized spacial score (nSPS) is 10.6. The first-order chi connectivity index (χ1) is 11.3. The van der Waals surface area contributed by atoms with E-state index < -0.39 is 0 Å². The third kappa shape index (κ3) is 3.42. The van der Waals surface area contributed by atoms with Crippen molar-refractivity contribution >= 4 is 16.8 Å². The van der Waals surface area contributed by atoms with Gasteiger partial charge in [0.1, 0.15) is 0 Å². The van der Waals surface area contributed by atoms with E-state index in [1.807, 2.05) is 18.2 Å². The van der Waals surface area contributed by atoms with E-state index in [0.29, 0.717) is 36.0 Å². The zero-order valence-electron chi connectivity index (χ0n) is 12.5. The van der Waals surface area contributed by atoms with Crippen LogP contribution in [0.1, 0.15) is 16.8 Å². The number of aryl methyl sites for hydroxylation is 1. The number of rotatable bonds is 5. The fourth-order valence-corrected chi connectivity index (χ4v) is 2.32. The average molecular weight is 308 g/mol. The Hall–Kier alpha value is -3.02. The molecule has 1 aromatic carbocycles. The average Bonchev–Trinajstić information content (AvgIpc) is 2.61. The lowest BCUT2D eigenvalue weighted by molar-refractivity contribution is 0.0952. The Labute approximate surface area is 132 Å². The molecule has 0 fully saturated rings. The monoisotopic (exact) mass is 308 g/mol. The number of carbonyl (C=O) groups is 1. The topological polar surface area (TPSA) is 76.9 Å². The van der Waals surface area contributed by atoms with Crippen molar-refractivity contribution in [3.05, 3.63) is 71.0 Å². The molecule has 0 atom stereocenters. The second kappa shape index (κ2) is 6.83. The number of hydrogen-bond acceptors (Lipinski definition) is 4. The van der Waals surface area contributed by atoms with Gasteiger partial charge in [-0.25, -0.2) is 4.98 Å². The van der Waals surface area contributed by atoms with Crippen LogP contribution in [0.5, 0.6) is 0 Å². The smallest absolute Gasteiger partial charge is 0.261 e. The zero-order valence-corrected chi connectivity index (χ0v) is 12.5. The summed E-state index contributed by atoms with van der Waals surface area (Å²) in [5.74, 6) is -0.142. The van der Waals surface area contributed by atoms with Crippen LogP contribution in [-0.2, 0) is 6.54 Å². The molecule has 0 bridgehead atoms. The number of aromatic nitrogens is 3. The van der Waals surface area contributed by atoms with Crippen LogP contribution < -0.4 is 10.9 Å². The van der Waals surface area contributed by atoms with E-state index in [1.165, 1.54) is 0 Å². The lowest BCUT2D eigenvalue weighted by Gasteiger charge is -2.08. The van der Waals surface area contributed by atoms with Crippen LogP contribution in [-0.4, -0.2) is 27.0 Å². The van der Waals surface area contributed by atoms with Crippen LogP contribution in [0.15, 0.2) is 59.9 Å². The van der Waals surface area contributed by atoms with E-state index >= 15 is 0 Å². The minimum absolute atomic E-state index is 0.0592. The largest absolute Gasteiger partial charge is 0.352 e. The summed E-state index contributed by atoms with van der Waals surface area (Å²) in [5.41, 5.74) is 1.21. The molecule has 0 saturated carbocycles. The standard InChI is InChI=1S/C17H16N4O2/c22-16(13-6-9-18-10-7-13)19-8-3-11-21-12-20-15-5-2-1-4-14(15)17(21)23/h1-2,4-7,9-10,12H,3,8,11H2,(H,19,22). The molecule has 2 heterocycles. The Morgan fingerprint density at radius 1 is 1.13 bits per heavy atom. The van der Waals surface area contributed by atoms with Gasteiger partial charge in [-0.05, 0) is 30.7 Å². The molecule has 0 radical (unpaired) electrons. The van der Waals surface area contributed by atoms with E-state index in [1.54, 1.807) is 41.5 Å². The Kier molecular flexibility index (Phi) is 4.42. The molecule has 2 aromatic heterocycles. The van der Waals surface area contributed by atoms with E-state index in [0.717, 1.165) is 0 Å². The van der Waals surface area contributed by atoms with E-state index in [9.17, 15) is 9.59 Å². The Bertz CT molecular complexity index is 874. The third-order valence-electron chi connectivity index (χ3n) is 3.54. The summed E-state index contributed by atoms with van der Waals surface area (Å²) in [6.45, 7) is 0.994. The van der Waals surface area contributed by atoms with Crippen LogP contribution in [0, 0.1) is 0 Å². The maximum atomic E-state index is 12.3. The Balaban J connectivity index is 1.58. The number of para-hydroxylation sites is 1. The van der Waals surface area contributed by atoms with Crippen molar-refractivity contribution in [3.8, 4) is 0 Å². The highest BCUT2D eigenvalue weighted by atomic mass is 16.1. The van der Waals surface area contributed by atoms with E-state index in [4.69, 9.17) is 0 Å². The van der Waals surface area contributed by atoms with Crippen molar-refractivity contribution in [2.75, 3.05) is 6.54 Å². The molecule has 3 aromatic rings. The van der Waals surface area contributed by atoms with Gasteiger partial charge in [0.15, 0.2) is 0 Å². The molecular weight excluding hydrogens is 292 g/mol. The summed E-state index contributed by atoms with van der Waals surface area (Å²) in [5, 5.41) is 3.43. The quantitative estimate of drug-likeness (QED) is 0.727. The van der Waals surface area contributed by atoms with Gasteiger partial charge in [-0.2, -0.15) is 0 Å². The molecule has 0 unspecified atom stereocenters. The van der Waals surface area contributed by atoms with Crippen molar-refractivity contribution in [2.45, 2.75) is 13.0 Å². The number of carbonyl (C=O) groups excluding carboxylic acids is 1. The summed E-state index contributed by atoms with van der Waals surface area (Å²) in [7, 11) is 0. The van der Waals surface area contributed by atoms with Crippen molar-refractivity contribution < 1.29 is 4.79 Å². The minimum Gasteiger partial charge on any atom is -0.352 e. The molecule has 0 aliphatic heterocycles. The number of amides is 1. The number of benzene rings is 1. The third-order valence-corrected chi connectivity index (χ3v) is 3.54. The van der Waals surface area contributed by atoms with Crippen LogP contribution in [0.3, 0.4) is 0 Å². The fourth-order valence-electron chi connectivity index (χ4n) is 2.32. The predicted octanol–water partition coefficient (Wildman–Crippen LogP) is 1.61. The molecule has 0 aliphatic rings. The highest BCUT2D eigenvalue weighted by molar-refractivity contribution is 5.93. The van der Waals surface area contributed by atoms with Gasteiger partial charge in [0, 0.05) is 31.0 Å². The van der Waals surface area contributed by atoms with Crippen LogP contribution in [0.25, 0.3) is 10.9 Å². The maximum absolute atomic E-state index is 12.3. The SMILES string of the molecule is O=C(NCCCn1cnc2ccccc2c1=O)c1ccncc1. The number of fused-ring (bicyclic) bond motifs is 1. The molecule has 6 nitrogen and oxygen atoms in total. The summed E-state index contributed by atoms with van der Waals surface area (Å²) in [6, 6.07) is 10.6. The molecule has 0 saturated heterocycles. The number of nitrogens with one attached hydrogen (secondary N) is 1. The Morgan fingerprint density at radius 3 is 2.74 bits per heavy atom. The molecule has 3 rings (SSSR count). The van der Waals surface area contributed by atoms with Gasteiger partial charge >= 0.3 is 0 Å². The summed E-state index contributed by atoms with van der Waals surface area (Å²) in [4.78, 5) is 32.3. The summed E-state index contributed by atoms with van der Waals surface area (Å²) in [6.07, 6.45) is 5.36. The van der Waals surface area contributed by atoms with Crippen molar-refractivity contribution in [1.29, 1.82) is 0 Å². The summed E-state index contributed by atoms with van der Waals surface area (Å²) < 4.78 is 1.57. The van der Waals surface area contributed by atoms with Gasteiger partial charge < -0.3 is 5.32 Å². The number of nitrogens with zero attached hydrogens (tertiary/aromatic N) is 3. The lowest BCUT2D eigenvalue weighted by Crippen LogP contribution is -2.27. The maximum Gasteiger partial charge on any atom is 0.261 e. The lowest BCUT2D eigenvalue weighted by atomic mass is 10.2. The van der Waals surface area contributed by atoms with Gasteiger partial charge in [-0.1, -0.05) is 12.1 Å². The minimum atomic E-state index is -0.142.